The first-order valence-electron chi connectivity index (χ1n) is 7.30. The number of hydrogen-bond acceptors (Lipinski definition) is 3. The molecule has 1 aliphatic rings. The molecule has 0 spiro atoms. The summed E-state index contributed by atoms with van der Waals surface area (Å²) >= 11 is 0. The topological polar surface area (TPSA) is 45.5 Å². The number of carbonyl (C=O) groups is 1. The predicted molar refractivity (Wildman–Crippen MR) is 75.3 cm³/mol. The second kappa shape index (κ2) is 6.75. The molecular weight excluding hydrogens is 240 g/mol. The van der Waals surface area contributed by atoms with Crippen LogP contribution in [0.1, 0.15) is 48.9 Å². The van der Waals surface area contributed by atoms with Crippen LogP contribution in [-0.4, -0.2) is 37.0 Å². The van der Waals surface area contributed by atoms with Gasteiger partial charge in [-0.1, -0.05) is 6.92 Å². The summed E-state index contributed by atoms with van der Waals surface area (Å²) in [7, 11) is 1.95. The van der Waals surface area contributed by atoms with Crippen molar-refractivity contribution in [3.05, 3.63) is 23.7 Å². The summed E-state index contributed by atoms with van der Waals surface area (Å²) in [5.74, 6) is 1.43. The number of carbonyl (C=O) groups excluding carboxylic acids is 1. The third kappa shape index (κ3) is 3.38. The van der Waals surface area contributed by atoms with Crippen LogP contribution < -0.4 is 5.32 Å². The van der Waals surface area contributed by atoms with Crippen LogP contribution in [0, 0.1) is 0 Å². The minimum absolute atomic E-state index is 0.0560. The molecular formula is C15H24N2O2. The first-order chi connectivity index (χ1) is 9.26. The van der Waals surface area contributed by atoms with Crippen molar-refractivity contribution in [3.8, 4) is 0 Å². The molecule has 1 amide bonds. The molecule has 1 fully saturated rings. The zero-order valence-corrected chi connectivity index (χ0v) is 11.9. The van der Waals surface area contributed by atoms with E-state index in [1.165, 1.54) is 6.42 Å². The van der Waals surface area contributed by atoms with Gasteiger partial charge in [-0.3, -0.25) is 4.79 Å². The average molecular weight is 264 g/mol. The zero-order valence-electron chi connectivity index (χ0n) is 11.9. The van der Waals surface area contributed by atoms with Gasteiger partial charge in [0.25, 0.3) is 5.91 Å². The van der Waals surface area contributed by atoms with Crippen molar-refractivity contribution in [2.45, 2.75) is 45.1 Å². The molecule has 19 heavy (non-hydrogen) atoms. The fraction of sp³-hybridized carbons (Fsp3) is 0.667. The second-order valence-corrected chi connectivity index (χ2v) is 5.16. The summed E-state index contributed by atoms with van der Waals surface area (Å²) < 4.78 is 5.59. The number of piperidine rings is 1. The van der Waals surface area contributed by atoms with E-state index < -0.39 is 0 Å². The molecule has 0 aromatic carbocycles. The van der Waals surface area contributed by atoms with Crippen molar-refractivity contribution in [1.82, 2.24) is 10.2 Å². The molecule has 1 aromatic heterocycles. The summed E-state index contributed by atoms with van der Waals surface area (Å²) in [6, 6.07) is 4.06. The number of nitrogens with zero attached hydrogens (tertiary/aromatic N) is 1. The second-order valence-electron chi connectivity index (χ2n) is 5.16. The molecule has 4 nitrogen and oxygen atoms in total. The van der Waals surface area contributed by atoms with Gasteiger partial charge in [0.05, 0.1) is 0 Å². The number of likely N-dealkylation sites (tertiary alicyclic amines) is 1. The Hall–Kier alpha value is -1.29. The first-order valence-corrected chi connectivity index (χ1v) is 7.30. The predicted octanol–water partition coefficient (Wildman–Crippen LogP) is 2.45. The molecule has 1 aromatic rings. The zero-order chi connectivity index (χ0) is 13.7. The number of nitrogens with one attached hydrogen (secondary N) is 1. The smallest absolute Gasteiger partial charge is 0.289 e. The van der Waals surface area contributed by atoms with Gasteiger partial charge in [0, 0.05) is 19.0 Å². The van der Waals surface area contributed by atoms with Crippen LogP contribution >= 0.6 is 0 Å². The van der Waals surface area contributed by atoms with E-state index in [4.69, 9.17) is 4.42 Å². The van der Waals surface area contributed by atoms with E-state index in [9.17, 15) is 4.79 Å². The number of amides is 1. The maximum absolute atomic E-state index is 12.5. The van der Waals surface area contributed by atoms with E-state index in [1.54, 1.807) is 0 Å². The highest BCUT2D eigenvalue weighted by Crippen LogP contribution is 2.22. The van der Waals surface area contributed by atoms with Crippen molar-refractivity contribution in [3.63, 3.8) is 0 Å². The lowest BCUT2D eigenvalue weighted by Gasteiger charge is -2.35. The lowest BCUT2D eigenvalue weighted by Crippen LogP contribution is -2.44. The highest BCUT2D eigenvalue weighted by molar-refractivity contribution is 5.91. The quantitative estimate of drug-likeness (QED) is 0.888. The Labute approximate surface area is 115 Å². The maximum atomic E-state index is 12.5. The standard InChI is InChI=1S/C15H24N2O2/c1-3-13-7-8-14(19-13)15(18)17-11-5-4-6-12(17)9-10-16-2/h7-8,12,16H,3-6,9-11H2,1-2H3. The van der Waals surface area contributed by atoms with E-state index in [0.29, 0.717) is 11.8 Å². The highest BCUT2D eigenvalue weighted by Gasteiger charge is 2.28. The van der Waals surface area contributed by atoms with Crippen LogP contribution in [0.15, 0.2) is 16.5 Å². The van der Waals surface area contributed by atoms with Crippen LogP contribution in [0.4, 0.5) is 0 Å². The molecule has 1 saturated heterocycles. The molecule has 2 rings (SSSR count). The summed E-state index contributed by atoms with van der Waals surface area (Å²) in [5, 5.41) is 3.17. The van der Waals surface area contributed by atoms with Crippen LogP contribution in [0.3, 0.4) is 0 Å². The monoisotopic (exact) mass is 264 g/mol. The van der Waals surface area contributed by atoms with Gasteiger partial charge in [0.15, 0.2) is 5.76 Å². The Balaban J connectivity index is 2.06. The van der Waals surface area contributed by atoms with Gasteiger partial charge in [-0.15, -0.1) is 0 Å². The number of furan rings is 1. The molecule has 0 bridgehead atoms. The molecule has 0 saturated carbocycles. The van der Waals surface area contributed by atoms with E-state index in [0.717, 1.165) is 44.5 Å². The molecule has 106 valence electrons. The average Bonchev–Trinajstić information content (AvgIpc) is 2.93. The number of hydrogen-bond donors (Lipinski definition) is 1. The van der Waals surface area contributed by atoms with E-state index in [-0.39, 0.29) is 5.91 Å². The summed E-state index contributed by atoms with van der Waals surface area (Å²) in [6.45, 7) is 3.84. The molecule has 0 radical (unpaired) electrons. The minimum atomic E-state index is 0.0560. The van der Waals surface area contributed by atoms with Crippen molar-refractivity contribution in [2.24, 2.45) is 0 Å². The van der Waals surface area contributed by atoms with Crippen molar-refractivity contribution >= 4 is 5.91 Å². The lowest BCUT2D eigenvalue weighted by molar-refractivity contribution is 0.0568. The molecule has 1 aliphatic heterocycles. The molecule has 1 atom stereocenters. The SMILES string of the molecule is CCc1ccc(C(=O)N2CCCCC2CCNC)o1. The third-order valence-electron chi connectivity index (χ3n) is 3.84. The number of aryl methyl sites for hydroxylation is 1. The van der Waals surface area contributed by atoms with Gasteiger partial charge in [-0.05, 0) is 51.4 Å². The largest absolute Gasteiger partial charge is 0.456 e. The Morgan fingerprint density at radius 1 is 1.47 bits per heavy atom. The fourth-order valence-electron chi connectivity index (χ4n) is 2.70. The molecule has 0 aliphatic carbocycles. The van der Waals surface area contributed by atoms with Gasteiger partial charge < -0.3 is 14.6 Å². The van der Waals surface area contributed by atoms with Crippen molar-refractivity contribution in [2.75, 3.05) is 20.1 Å². The Morgan fingerprint density at radius 2 is 2.32 bits per heavy atom. The molecule has 1 N–H and O–H groups in total. The van der Waals surface area contributed by atoms with Crippen LogP contribution in [0.25, 0.3) is 0 Å². The Bertz CT molecular complexity index is 414. The molecule has 2 heterocycles. The van der Waals surface area contributed by atoms with Gasteiger partial charge in [-0.25, -0.2) is 0 Å². The normalized spacial score (nSPS) is 19.7. The van der Waals surface area contributed by atoms with E-state index >= 15 is 0 Å². The van der Waals surface area contributed by atoms with E-state index in [1.807, 2.05) is 31.0 Å². The first kappa shape index (κ1) is 14.1. The van der Waals surface area contributed by atoms with Gasteiger partial charge in [0.1, 0.15) is 5.76 Å². The maximum Gasteiger partial charge on any atom is 0.289 e. The Morgan fingerprint density at radius 3 is 3.00 bits per heavy atom. The van der Waals surface area contributed by atoms with Crippen molar-refractivity contribution in [1.29, 1.82) is 0 Å². The Kier molecular flexibility index (Phi) is 5.02. The van der Waals surface area contributed by atoms with Crippen LogP contribution in [0.5, 0.6) is 0 Å². The van der Waals surface area contributed by atoms with Crippen molar-refractivity contribution < 1.29 is 9.21 Å². The van der Waals surface area contributed by atoms with Gasteiger partial charge in [-0.2, -0.15) is 0 Å². The third-order valence-corrected chi connectivity index (χ3v) is 3.84. The molecule has 1 unspecified atom stereocenters. The molecule has 4 heteroatoms. The highest BCUT2D eigenvalue weighted by atomic mass is 16.4. The van der Waals surface area contributed by atoms with Crippen LogP contribution in [-0.2, 0) is 6.42 Å². The number of rotatable bonds is 5. The summed E-state index contributed by atoms with van der Waals surface area (Å²) in [6.07, 6.45) is 5.27. The summed E-state index contributed by atoms with van der Waals surface area (Å²) in [4.78, 5) is 14.5. The van der Waals surface area contributed by atoms with Crippen LogP contribution in [0.2, 0.25) is 0 Å². The van der Waals surface area contributed by atoms with E-state index in [2.05, 4.69) is 5.32 Å². The summed E-state index contributed by atoms with van der Waals surface area (Å²) in [5.41, 5.74) is 0. The van der Waals surface area contributed by atoms with Gasteiger partial charge >= 0.3 is 0 Å². The lowest BCUT2D eigenvalue weighted by atomic mass is 9.99. The minimum Gasteiger partial charge on any atom is -0.456 e. The fourth-order valence-corrected chi connectivity index (χ4v) is 2.70. The van der Waals surface area contributed by atoms with Gasteiger partial charge in [0.2, 0.25) is 0 Å².